The van der Waals surface area contributed by atoms with Crippen LogP contribution in [0.4, 0.5) is 15.6 Å². The number of nitrogens with one attached hydrogen (secondary N) is 1. The summed E-state index contributed by atoms with van der Waals surface area (Å²) in [6.45, 7) is 4.70. The fourth-order valence-electron chi connectivity index (χ4n) is 2.83. The molecule has 1 aromatic carbocycles. The normalized spacial score (nSPS) is 13.2. The van der Waals surface area contributed by atoms with Gasteiger partial charge in [0.15, 0.2) is 10.2 Å². The van der Waals surface area contributed by atoms with Gasteiger partial charge in [0.2, 0.25) is 0 Å². The van der Waals surface area contributed by atoms with E-state index in [4.69, 9.17) is 4.74 Å². The van der Waals surface area contributed by atoms with E-state index in [1.165, 1.54) is 54.3 Å². The van der Waals surface area contributed by atoms with E-state index >= 15 is 0 Å². The van der Waals surface area contributed by atoms with Crippen molar-refractivity contribution in [2.75, 3.05) is 24.5 Å². The van der Waals surface area contributed by atoms with Gasteiger partial charge in [-0.2, -0.15) is 0 Å². The molecular weight excluding hydrogens is 458 g/mol. The molecule has 0 aliphatic carbocycles. The highest BCUT2D eigenvalue weighted by Gasteiger charge is 2.31. The fraction of sp³-hybridized carbons (Fsp3) is 0.368. The third kappa shape index (κ3) is 5.95. The standard InChI is InChI=1S/C19H21N5O6S2/c1-3-23(21-19(27)30-10-13-4-6-14(7-5-13)24(28)29)17(26)16-11-31-18(20-16)22-8-15(9-22)32-12(2)25/h4-7,11,15H,3,8-10H2,1-2H3,(H,21,27). The van der Waals surface area contributed by atoms with E-state index < -0.39 is 16.9 Å². The topological polar surface area (TPSA) is 135 Å². The van der Waals surface area contributed by atoms with E-state index in [0.29, 0.717) is 23.8 Å². The average Bonchev–Trinajstić information content (AvgIpc) is 3.22. The Morgan fingerprint density at radius 3 is 2.62 bits per heavy atom. The first-order valence-corrected chi connectivity index (χ1v) is 11.4. The minimum absolute atomic E-state index is 0.0602. The van der Waals surface area contributed by atoms with E-state index in [1.807, 2.05) is 4.90 Å². The Bertz CT molecular complexity index is 1010. The summed E-state index contributed by atoms with van der Waals surface area (Å²) in [6, 6.07) is 5.61. The molecule has 1 fully saturated rings. The number of carbonyl (C=O) groups excluding carboxylic acids is 3. The molecule has 1 saturated heterocycles. The minimum atomic E-state index is -0.833. The van der Waals surface area contributed by atoms with E-state index in [-0.39, 0.29) is 34.9 Å². The lowest BCUT2D eigenvalue weighted by atomic mass is 10.2. The van der Waals surface area contributed by atoms with Gasteiger partial charge < -0.3 is 9.64 Å². The Labute approximate surface area is 191 Å². The quantitative estimate of drug-likeness (QED) is 0.470. The third-order valence-electron chi connectivity index (χ3n) is 4.47. The van der Waals surface area contributed by atoms with Crippen molar-refractivity contribution in [3.63, 3.8) is 0 Å². The van der Waals surface area contributed by atoms with E-state index in [2.05, 4.69) is 10.4 Å². The predicted octanol–water partition coefficient (Wildman–Crippen LogP) is 2.82. The second-order valence-electron chi connectivity index (χ2n) is 6.81. The van der Waals surface area contributed by atoms with E-state index in [0.717, 1.165) is 5.01 Å². The summed E-state index contributed by atoms with van der Waals surface area (Å²) in [4.78, 5) is 52.5. The largest absolute Gasteiger partial charge is 0.443 e. The number of anilines is 1. The van der Waals surface area contributed by atoms with Crippen molar-refractivity contribution in [1.82, 2.24) is 15.4 Å². The number of hydrogen-bond donors (Lipinski definition) is 1. The molecule has 1 aliphatic heterocycles. The van der Waals surface area contributed by atoms with Gasteiger partial charge in [-0.25, -0.2) is 20.2 Å². The highest BCUT2D eigenvalue weighted by molar-refractivity contribution is 8.14. The lowest BCUT2D eigenvalue weighted by Gasteiger charge is -2.37. The van der Waals surface area contributed by atoms with Gasteiger partial charge in [-0.1, -0.05) is 11.8 Å². The first-order chi connectivity index (χ1) is 15.3. The molecule has 0 bridgehead atoms. The molecule has 1 aliphatic rings. The predicted molar refractivity (Wildman–Crippen MR) is 120 cm³/mol. The number of ether oxygens (including phenoxy) is 1. The van der Waals surface area contributed by atoms with Gasteiger partial charge in [-0.15, -0.1) is 11.3 Å². The second-order valence-corrected chi connectivity index (χ2v) is 9.13. The van der Waals surface area contributed by atoms with Crippen molar-refractivity contribution in [2.24, 2.45) is 0 Å². The molecule has 0 radical (unpaired) electrons. The number of aromatic nitrogens is 1. The molecule has 13 heteroatoms. The Balaban J connectivity index is 1.50. The highest BCUT2D eigenvalue weighted by atomic mass is 32.2. The van der Waals surface area contributed by atoms with Gasteiger partial charge >= 0.3 is 6.09 Å². The lowest BCUT2D eigenvalue weighted by molar-refractivity contribution is -0.384. The van der Waals surface area contributed by atoms with Crippen LogP contribution in [-0.2, 0) is 16.1 Å². The van der Waals surface area contributed by atoms with Gasteiger partial charge in [0, 0.05) is 49.3 Å². The van der Waals surface area contributed by atoms with Crippen molar-refractivity contribution in [2.45, 2.75) is 25.7 Å². The van der Waals surface area contributed by atoms with Gasteiger partial charge in [-0.05, 0) is 24.6 Å². The fourth-order valence-corrected chi connectivity index (χ4v) is 4.63. The monoisotopic (exact) mass is 479 g/mol. The molecule has 0 saturated carbocycles. The number of hydrogen-bond acceptors (Lipinski definition) is 10. The van der Waals surface area contributed by atoms with Crippen molar-refractivity contribution in [3.05, 3.63) is 51.0 Å². The average molecular weight is 480 g/mol. The molecule has 11 nitrogen and oxygen atoms in total. The van der Waals surface area contributed by atoms with Crippen LogP contribution in [0.2, 0.25) is 0 Å². The zero-order valence-corrected chi connectivity index (χ0v) is 19.0. The summed E-state index contributed by atoms with van der Waals surface area (Å²) in [6.07, 6.45) is -0.833. The lowest BCUT2D eigenvalue weighted by Crippen LogP contribution is -2.49. The molecular formula is C19H21N5O6S2. The van der Waals surface area contributed by atoms with Crippen LogP contribution >= 0.6 is 23.1 Å². The minimum Gasteiger partial charge on any atom is -0.443 e. The molecule has 0 unspecified atom stereocenters. The van der Waals surface area contributed by atoms with Crippen molar-refractivity contribution in [1.29, 1.82) is 0 Å². The molecule has 2 aromatic rings. The van der Waals surface area contributed by atoms with E-state index in [1.54, 1.807) is 12.3 Å². The van der Waals surface area contributed by atoms with Crippen molar-refractivity contribution in [3.8, 4) is 0 Å². The number of thiazole rings is 1. The summed E-state index contributed by atoms with van der Waals surface area (Å²) >= 11 is 2.62. The van der Waals surface area contributed by atoms with E-state index in [9.17, 15) is 24.5 Å². The number of amides is 2. The van der Waals surface area contributed by atoms with Crippen LogP contribution in [0.15, 0.2) is 29.6 Å². The number of nitrogens with zero attached hydrogens (tertiary/aromatic N) is 4. The summed E-state index contributed by atoms with van der Waals surface area (Å²) in [5, 5.41) is 14.4. The summed E-state index contributed by atoms with van der Waals surface area (Å²) < 4.78 is 5.09. The van der Waals surface area contributed by atoms with Crippen LogP contribution < -0.4 is 10.3 Å². The van der Waals surface area contributed by atoms with Crippen LogP contribution in [0.3, 0.4) is 0 Å². The smallest absolute Gasteiger partial charge is 0.426 e. The molecule has 0 spiro atoms. The van der Waals surface area contributed by atoms with Crippen LogP contribution in [-0.4, -0.2) is 56.9 Å². The number of benzene rings is 1. The maximum absolute atomic E-state index is 12.7. The Morgan fingerprint density at radius 1 is 1.34 bits per heavy atom. The summed E-state index contributed by atoms with van der Waals surface area (Å²) in [5.41, 5.74) is 3.09. The Kier molecular flexibility index (Phi) is 7.64. The summed E-state index contributed by atoms with van der Waals surface area (Å²) in [5.74, 6) is -0.475. The van der Waals surface area contributed by atoms with Gasteiger partial charge in [-0.3, -0.25) is 19.7 Å². The Morgan fingerprint density at radius 2 is 2.03 bits per heavy atom. The van der Waals surface area contributed by atoms with Crippen LogP contribution in [0.5, 0.6) is 0 Å². The number of rotatable bonds is 7. The van der Waals surface area contributed by atoms with Crippen LogP contribution in [0.1, 0.15) is 29.9 Å². The number of hydrazine groups is 1. The molecule has 1 N–H and O–H groups in total. The second kappa shape index (κ2) is 10.4. The first-order valence-electron chi connectivity index (χ1n) is 9.63. The van der Waals surface area contributed by atoms with Crippen molar-refractivity contribution < 1.29 is 24.0 Å². The van der Waals surface area contributed by atoms with Gasteiger partial charge in [0.05, 0.1) is 4.92 Å². The van der Waals surface area contributed by atoms with Crippen LogP contribution in [0.25, 0.3) is 0 Å². The summed E-state index contributed by atoms with van der Waals surface area (Å²) in [7, 11) is 0. The Hall–Kier alpha value is -3.19. The van der Waals surface area contributed by atoms with Gasteiger partial charge in [0.25, 0.3) is 11.6 Å². The number of nitro groups is 1. The maximum atomic E-state index is 12.7. The molecule has 2 heterocycles. The number of thioether (sulfide) groups is 1. The number of non-ortho nitro benzene ring substituents is 1. The molecule has 1 aromatic heterocycles. The van der Waals surface area contributed by atoms with Crippen LogP contribution in [0, 0.1) is 10.1 Å². The third-order valence-corrected chi connectivity index (χ3v) is 6.33. The molecule has 3 rings (SSSR count). The maximum Gasteiger partial charge on any atom is 0.426 e. The zero-order valence-electron chi connectivity index (χ0n) is 17.3. The van der Waals surface area contributed by atoms with Gasteiger partial charge in [0.1, 0.15) is 12.3 Å². The molecule has 32 heavy (non-hydrogen) atoms. The highest BCUT2D eigenvalue weighted by Crippen LogP contribution is 2.30. The SMILES string of the molecule is CCN(NC(=O)OCc1ccc([N+](=O)[O-])cc1)C(=O)c1csc(N2CC(SC(C)=O)C2)n1. The van der Waals surface area contributed by atoms with Crippen molar-refractivity contribution >= 4 is 51.0 Å². The molecule has 2 amide bonds. The first kappa shape index (κ1) is 23.5. The number of nitro benzene ring substituents is 1. The molecule has 170 valence electrons. The molecule has 0 atom stereocenters. The zero-order chi connectivity index (χ0) is 23.3. The number of carbonyl (C=O) groups is 3.